The summed E-state index contributed by atoms with van der Waals surface area (Å²) in [4.78, 5) is 19.6. The number of hydrogen-bond donors (Lipinski definition) is 1. The predicted molar refractivity (Wildman–Crippen MR) is 65.9 cm³/mol. The maximum absolute atomic E-state index is 13.3. The van der Waals surface area contributed by atoms with Crippen molar-refractivity contribution in [2.75, 3.05) is 0 Å². The predicted octanol–water partition coefficient (Wildman–Crippen LogP) is 2.09. The van der Waals surface area contributed by atoms with Crippen LogP contribution in [0.4, 0.5) is 4.39 Å². The SMILES string of the molecule is CCCc1nc(C(=O)NCc2ncccc2F)co1. The van der Waals surface area contributed by atoms with E-state index in [1.165, 1.54) is 24.6 Å². The zero-order chi connectivity index (χ0) is 13.7. The van der Waals surface area contributed by atoms with Gasteiger partial charge in [-0.25, -0.2) is 9.37 Å². The Morgan fingerprint density at radius 2 is 2.37 bits per heavy atom. The molecule has 2 heterocycles. The molecular weight excluding hydrogens is 249 g/mol. The Morgan fingerprint density at radius 1 is 1.53 bits per heavy atom. The number of halogens is 1. The van der Waals surface area contributed by atoms with E-state index in [9.17, 15) is 9.18 Å². The molecule has 0 spiro atoms. The smallest absolute Gasteiger partial charge is 0.273 e. The van der Waals surface area contributed by atoms with Gasteiger partial charge in [-0.15, -0.1) is 0 Å². The van der Waals surface area contributed by atoms with Gasteiger partial charge in [-0.3, -0.25) is 9.78 Å². The molecule has 0 bridgehead atoms. The van der Waals surface area contributed by atoms with Gasteiger partial charge in [-0.1, -0.05) is 6.92 Å². The second-order valence-corrected chi connectivity index (χ2v) is 3.99. The largest absolute Gasteiger partial charge is 0.448 e. The van der Waals surface area contributed by atoms with Crippen molar-refractivity contribution in [2.24, 2.45) is 0 Å². The first kappa shape index (κ1) is 13.2. The van der Waals surface area contributed by atoms with Crippen molar-refractivity contribution in [3.05, 3.63) is 47.7 Å². The third kappa shape index (κ3) is 3.37. The number of nitrogens with one attached hydrogen (secondary N) is 1. The number of amides is 1. The number of hydrogen-bond acceptors (Lipinski definition) is 4. The van der Waals surface area contributed by atoms with Gasteiger partial charge in [-0.2, -0.15) is 0 Å². The minimum atomic E-state index is -0.449. The molecule has 0 fully saturated rings. The van der Waals surface area contributed by atoms with Crippen LogP contribution < -0.4 is 5.32 Å². The van der Waals surface area contributed by atoms with Gasteiger partial charge in [0.25, 0.3) is 5.91 Å². The van der Waals surface area contributed by atoms with E-state index in [1.807, 2.05) is 6.92 Å². The molecule has 6 heteroatoms. The minimum absolute atomic E-state index is 0.0154. The van der Waals surface area contributed by atoms with Crippen LogP contribution in [0.5, 0.6) is 0 Å². The summed E-state index contributed by atoms with van der Waals surface area (Å²) >= 11 is 0. The summed E-state index contributed by atoms with van der Waals surface area (Å²) in [6.45, 7) is 2.01. The van der Waals surface area contributed by atoms with E-state index in [-0.39, 0.29) is 17.9 Å². The lowest BCUT2D eigenvalue weighted by Gasteiger charge is -2.02. The number of aromatic nitrogens is 2. The number of pyridine rings is 1. The number of carbonyl (C=O) groups excluding carboxylic acids is 1. The molecule has 0 aliphatic carbocycles. The van der Waals surface area contributed by atoms with E-state index in [2.05, 4.69) is 15.3 Å². The summed E-state index contributed by atoms with van der Waals surface area (Å²) in [7, 11) is 0. The van der Waals surface area contributed by atoms with Crippen molar-refractivity contribution in [3.63, 3.8) is 0 Å². The normalized spacial score (nSPS) is 10.4. The van der Waals surface area contributed by atoms with Gasteiger partial charge >= 0.3 is 0 Å². The van der Waals surface area contributed by atoms with E-state index < -0.39 is 11.7 Å². The number of rotatable bonds is 5. The fraction of sp³-hybridized carbons (Fsp3) is 0.308. The molecule has 0 aliphatic heterocycles. The van der Waals surface area contributed by atoms with Crippen molar-refractivity contribution < 1.29 is 13.6 Å². The highest BCUT2D eigenvalue weighted by Crippen LogP contribution is 2.06. The third-order valence-corrected chi connectivity index (χ3v) is 2.50. The monoisotopic (exact) mass is 263 g/mol. The zero-order valence-corrected chi connectivity index (χ0v) is 10.5. The minimum Gasteiger partial charge on any atom is -0.448 e. The Morgan fingerprint density at radius 3 is 3.11 bits per heavy atom. The van der Waals surface area contributed by atoms with Gasteiger partial charge in [-0.05, 0) is 18.6 Å². The number of nitrogens with zero attached hydrogens (tertiary/aromatic N) is 2. The standard InChI is InChI=1S/C13H14FN3O2/c1-2-4-12-17-11(8-19-12)13(18)16-7-10-9(14)5-3-6-15-10/h3,5-6,8H,2,4,7H2,1H3,(H,16,18). The molecule has 5 nitrogen and oxygen atoms in total. The molecule has 0 saturated heterocycles. The summed E-state index contributed by atoms with van der Waals surface area (Å²) in [6, 6.07) is 2.79. The highest BCUT2D eigenvalue weighted by Gasteiger charge is 2.12. The fourth-order valence-electron chi connectivity index (χ4n) is 1.55. The first-order valence-electron chi connectivity index (χ1n) is 6.02. The first-order valence-corrected chi connectivity index (χ1v) is 6.02. The molecule has 0 radical (unpaired) electrons. The van der Waals surface area contributed by atoms with Crippen LogP contribution in [0, 0.1) is 5.82 Å². The van der Waals surface area contributed by atoms with E-state index in [0.29, 0.717) is 12.3 Å². The molecule has 100 valence electrons. The van der Waals surface area contributed by atoms with Gasteiger partial charge in [0.2, 0.25) is 0 Å². The molecule has 19 heavy (non-hydrogen) atoms. The molecule has 0 saturated carbocycles. The Balaban J connectivity index is 1.95. The maximum atomic E-state index is 13.3. The molecule has 0 unspecified atom stereocenters. The average Bonchev–Trinajstić information content (AvgIpc) is 2.87. The van der Waals surface area contributed by atoms with Crippen molar-refractivity contribution in [1.82, 2.24) is 15.3 Å². The fourth-order valence-corrected chi connectivity index (χ4v) is 1.55. The van der Waals surface area contributed by atoms with Gasteiger partial charge in [0.05, 0.1) is 12.2 Å². The highest BCUT2D eigenvalue weighted by atomic mass is 19.1. The van der Waals surface area contributed by atoms with Gasteiger partial charge < -0.3 is 9.73 Å². The van der Waals surface area contributed by atoms with E-state index in [1.54, 1.807) is 0 Å². The quantitative estimate of drug-likeness (QED) is 0.896. The number of oxazole rings is 1. The Bertz CT molecular complexity index is 569. The van der Waals surface area contributed by atoms with Crippen LogP contribution in [0.1, 0.15) is 35.4 Å². The number of carbonyl (C=O) groups is 1. The molecule has 2 aromatic heterocycles. The Labute approximate surface area is 109 Å². The molecule has 2 aromatic rings. The second kappa shape index (κ2) is 6.08. The van der Waals surface area contributed by atoms with Crippen LogP contribution in [-0.4, -0.2) is 15.9 Å². The van der Waals surface area contributed by atoms with Crippen LogP contribution >= 0.6 is 0 Å². The van der Waals surface area contributed by atoms with Crippen molar-refractivity contribution in [1.29, 1.82) is 0 Å². The van der Waals surface area contributed by atoms with Gasteiger partial charge in [0, 0.05) is 12.6 Å². The Kier molecular flexibility index (Phi) is 4.22. The van der Waals surface area contributed by atoms with Crippen LogP contribution in [0.15, 0.2) is 29.0 Å². The van der Waals surface area contributed by atoms with Crippen molar-refractivity contribution in [2.45, 2.75) is 26.3 Å². The zero-order valence-electron chi connectivity index (χ0n) is 10.5. The van der Waals surface area contributed by atoms with E-state index >= 15 is 0 Å². The van der Waals surface area contributed by atoms with Crippen LogP contribution in [0.2, 0.25) is 0 Å². The van der Waals surface area contributed by atoms with E-state index in [4.69, 9.17) is 4.42 Å². The summed E-state index contributed by atoms with van der Waals surface area (Å²) in [5, 5.41) is 2.55. The first-order chi connectivity index (χ1) is 9.20. The summed E-state index contributed by atoms with van der Waals surface area (Å²) in [6.07, 6.45) is 4.35. The topological polar surface area (TPSA) is 68.0 Å². The highest BCUT2D eigenvalue weighted by molar-refractivity contribution is 5.91. The van der Waals surface area contributed by atoms with Crippen LogP contribution in [0.25, 0.3) is 0 Å². The lowest BCUT2D eigenvalue weighted by molar-refractivity contribution is 0.0945. The van der Waals surface area contributed by atoms with Crippen molar-refractivity contribution >= 4 is 5.91 Å². The molecule has 0 aliphatic rings. The average molecular weight is 263 g/mol. The van der Waals surface area contributed by atoms with Gasteiger partial charge in [0.15, 0.2) is 11.6 Å². The summed E-state index contributed by atoms with van der Waals surface area (Å²) < 4.78 is 18.4. The third-order valence-electron chi connectivity index (χ3n) is 2.50. The lowest BCUT2D eigenvalue weighted by Crippen LogP contribution is -2.24. The summed E-state index contributed by atoms with van der Waals surface area (Å²) in [5.41, 5.74) is 0.382. The molecular formula is C13H14FN3O2. The Hall–Kier alpha value is -2.24. The van der Waals surface area contributed by atoms with Crippen LogP contribution in [-0.2, 0) is 13.0 Å². The summed E-state index contributed by atoms with van der Waals surface area (Å²) in [5.74, 6) is -0.331. The van der Waals surface area contributed by atoms with Gasteiger partial charge in [0.1, 0.15) is 12.1 Å². The maximum Gasteiger partial charge on any atom is 0.273 e. The molecule has 1 N–H and O–H groups in total. The molecule has 1 amide bonds. The van der Waals surface area contributed by atoms with Crippen LogP contribution in [0.3, 0.4) is 0 Å². The molecule has 0 aromatic carbocycles. The van der Waals surface area contributed by atoms with E-state index in [0.717, 1.165) is 6.42 Å². The second-order valence-electron chi connectivity index (χ2n) is 3.99. The lowest BCUT2D eigenvalue weighted by atomic mass is 10.3. The number of aryl methyl sites for hydroxylation is 1. The molecule has 0 atom stereocenters. The molecule has 2 rings (SSSR count). The van der Waals surface area contributed by atoms with Crippen molar-refractivity contribution in [3.8, 4) is 0 Å².